The molecule has 0 aliphatic carbocycles. The number of aryl methyl sites for hydroxylation is 1. The number of sulfone groups is 1. The highest BCUT2D eigenvalue weighted by molar-refractivity contribution is 7.91. The summed E-state index contributed by atoms with van der Waals surface area (Å²) in [5.74, 6) is 1.50. The van der Waals surface area contributed by atoms with Gasteiger partial charge in [-0.05, 0) is 31.4 Å². The van der Waals surface area contributed by atoms with Gasteiger partial charge in [0.15, 0.2) is 21.3 Å². The molecule has 0 radical (unpaired) electrons. The Hall–Kier alpha value is -1.43. The molecule has 0 amide bonds. The van der Waals surface area contributed by atoms with Crippen LogP contribution in [0.4, 0.5) is 0 Å². The Morgan fingerprint density at radius 1 is 1.44 bits per heavy atom. The summed E-state index contributed by atoms with van der Waals surface area (Å²) in [6, 6.07) is 5.84. The Bertz CT molecular complexity index is 690. The van der Waals surface area contributed by atoms with Gasteiger partial charge >= 0.3 is 0 Å². The molecule has 96 valence electrons. The van der Waals surface area contributed by atoms with E-state index in [9.17, 15) is 8.42 Å². The molecule has 2 aromatic heterocycles. The van der Waals surface area contributed by atoms with Crippen molar-refractivity contribution >= 4 is 15.5 Å². The highest BCUT2D eigenvalue weighted by atomic mass is 32.2. The summed E-state index contributed by atoms with van der Waals surface area (Å²) in [4.78, 5) is 4.44. The lowest BCUT2D eigenvalue weighted by molar-refractivity contribution is 0.568. The molecule has 1 saturated heterocycles. The molecule has 0 spiro atoms. The summed E-state index contributed by atoms with van der Waals surface area (Å²) in [6.07, 6.45) is 1.39. The van der Waals surface area contributed by atoms with Crippen molar-refractivity contribution in [2.75, 3.05) is 11.5 Å². The molecule has 0 bridgehead atoms. The van der Waals surface area contributed by atoms with Crippen molar-refractivity contribution in [3.8, 4) is 0 Å². The van der Waals surface area contributed by atoms with E-state index in [2.05, 4.69) is 10.1 Å². The number of hydrogen-bond donors (Lipinski definition) is 0. The van der Waals surface area contributed by atoms with Gasteiger partial charge in [0.1, 0.15) is 0 Å². The minimum absolute atomic E-state index is 0.174. The van der Waals surface area contributed by atoms with Crippen molar-refractivity contribution in [1.82, 2.24) is 14.6 Å². The maximum Gasteiger partial charge on any atom is 0.155 e. The third-order valence-electron chi connectivity index (χ3n) is 3.39. The Balaban J connectivity index is 1.86. The van der Waals surface area contributed by atoms with Crippen LogP contribution in [0, 0.1) is 12.8 Å². The van der Waals surface area contributed by atoms with Crippen molar-refractivity contribution in [3.05, 3.63) is 29.7 Å². The Labute approximate surface area is 106 Å². The maximum atomic E-state index is 11.4. The first-order chi connectivity index (χ1) is 8.53. The van der Waals surface area contributed by atoms with Crippen LogP contribution in [0.3, 0.4) is 0 Å². The second kappa shape index (κ2) is 4.05. The second-order valence-electron chi connectivity index (χ2n) is 4.94. The summed E-state index contributed by atoms with van der Waals surface area (Å²) < 4.78 is 24.6. The van der Waals surface area contributed by atoms with Gasteiger partial charge in [-0.1, -0.05) is 6.07 Å². The fraction of sp³-hybridized carbons (Fsp3) is 0.500. The van der Waals surface area contributed by atoms with Gasteiger partial charge in [0.05, 0.1) is 11.5 Å². The van der Waals surface area contributed by atoms with Gasteiger partial charge in [-0.2, -0.15) is 5.10 Å². The topological polar surface area (TPSA) is 64.3 Å². The maximum absolute atomic E-state index is 11.4. The summed E-state index contributed by atoms with van der Waals surface area (Å²) in [6.45, 7) is 1.98. The molecule has 2 aromatic rings. The first-order valence-electron chi connectivity index (χ1n) is 6.05. The lowest BCUT2D eigenvalue weighted by Gasteiger charge is -2.02. The first-order valence-corrected chi connectivity index (χ1v) is 7.87. The van der Waals surface area contributed by atoms with Crippen LogP contribution in [0.1, 0.15) is 17.9 Å². The summed E-state index contributed by atoms with van der Waals surface area (Å²) in [5, 5.41) is 4.43. The van der Waals surface area contributed by atoms with Crippen LogP contribution in [-0.4, -0.2) is 34.5 Å². The average molecular weight is 265 g/mol. The molecule has 0 N–H and O–H groups in total. The molecule has 1 atom stereocenters. The molecule has 1 fully saturated rings. The monoisotopic (exact) mass is 265 g/mol. The number of nitrogens with zero attached hydrogens (tertiary/aromatic N) is 3. The van der Waals surface area contributed by atoms with Crippen LogP contribution in [0.15, 0.2) is 18.2 Å². The third-order valence-corrected chi connectivity index (χ3v) is 5.23. The average Bonchev–Trinajstić information content (AvgIpc) is 2.83. The van der Waals surface area contributed by atoms with E-state index < -0.39 is 9.84 Å². The lowest BCUT2D eigenvalue weighted by atomic mass is 10.1. The zero-order valence-corrected chi connectivity index (χ0v) is 11.0. The largest absolute Gasteiger partial charge is 0.229 e. The van der Waals surface area contributed by atoms with Gasteiger partial charge in [0.25, 0.3) is 0 Å². The molecule has 3 heterocycles. The van der Waals surface area contributed by atoms with Crippen molar-refractivity contribution < 1.29 is 8.42 Å². The van der Waals surface area contributed by atoms with E-state index in [1.54, 1.807) is 4.52 Å². The fourth-order valence-corrected chi connectivity index (χ4v) is 4.32. The quantitative estimate of drug-likeness (QED) is 0.813. The van der Waals surface area contributed by atoms with Crippen molar-refractivity contribution in [2.24, 2.45) is 5.92 Å². The van der Waals surface area contributed by atoms with E-state index in [0.717, 1.165) is 23.6 Å². The van der Waals surface area contributed by atoms with E-state index in [1.807, 2.05) is 25.1 Å². The molecule has 1 unspecified atom stereocenters. The minimum atomic E-state index is -2.82. The van der Waals surface area contributed by atoms with Crippen LogP contribution in [0.2, 0.25) is 0 Å². The van der Waals surface area contributed by atoms with Crippen molar-refractivity contribution in [3.63, 3.8) is 0 Å². The molecular weight excluding hydrogens is 250 g/mol. The molecule has 0 saturated carbocycles. The highest BCUT2D eigenvalue weighted by Crippen LogP contribution is 2.21. The van der Waals surface area contributed by atoms with E-state index in [-0.39, 0.29) is 11.7 Å². The summed E-state index contributed by atoms with van der Waals surface area (Å²) in [7, 11) is -2.82. The van der Waals surface area contributed by atoms with Gasteiger partial charge in [-0.15, -0.1) is 0 Å². The number of aromatic nitrogens is 3. The standard InChI is InChI=1S/C12H15N3O2S/c1-9-3-2-4-12-13-11(14-15(9)12)7-10-5-6-18(16,17)8-10/h2-4,10H,5-8H2,1H3. The van der Waals surface area contributed by atoms with Crippen LogP contribution in [-0.2, 0) is 16.3 Å². The van der Waals surface area contributed by atoms with Crippen LogP contribution < -0.4 is 0 Å². The summed E-state index contributed by atoms with van der Waals surface area (Å²) in [5.41, 5.74) is 1.86. The smallest absolute Gasteiger partial charge is 0.155 e. The Kier molecular flexibility index (Phi) is 2.62. The number of hydrogen-bond acceptors (Lipinski definition) is 4. The zero-order valence-electron chi connectivity index (χ0n) is 10.2. The fourth-order valence-electron chi connectivity index (χ4n) is 2.46. The molecule has 18 heavy (non-hydrogen) atoms. The molecule has 6 heteroatoms. The van der Waals surface area contributed by atoms with E-state index >= 15 is 0 Å². The predicted octanol–water partition coefficient (Wildman–Crippen LogP) is 1.01. The molecule has 1 aliphatic rings. The van der Waals surface area contributed by atoms with Gasteiger partial charge in [-0.25, -0.2) is 17.9 Å². The number of rotatable bonds is 2. The number of pyridine rings is 1. The molecule has 5 nitrogen and oxygen atoms in total. The van der Waals surface area contributed by atoms with Gasteiger partial charge in [0.2, 0.25) is 0 Å². The van der Waals surface area contributed by atoms with Crippen LogP contribution in [0.25, 0.3) is 5.65 Å². The SMILES string of the molecule is Cc1cccc2nc(CC3CCS(=O)(=O)C3)nn12. The van der Waals surface area contributed by atoms with E-state index in [4.69, 9.17) is 0 Å². The van der Waals surface area contributed by atoms with E-state index in [1.165, 1.54) is 0 Å². The Morgan fingerprint density at radius 2 is 2.28 bits per heavy atom. The van der Waals surface area contributed by atoms with Crippen molar-refractivity contribution in [2.45, 2.75) is 19.8 Å². The van der Waals surface area contributed by atoms with Crippen LogP contribution in [0.5, 0.6) is 0 Å². The van der Waals surface area contributed by atoms with Gasteiger partial charge in [-0.3, -0.25) is 0 Å². The molecule has 1 aliphatic heterocycles. The normalized spacial score (nSPS) is 22.6. The van der Waals surface area contributed by atoms with Gasteiger partial charge < -0.3 is 0 Å². The highest BCUT2D eigenvalue weighted by Gasteiger charge is 2.28. The van der Waals surface area contributed by atoms with Crippen molar-refractivity contribution in [1.29, 1.82) is 0 Å². The Morgan fingerprint density at radius 3 is 2.94 bits per heavy atom. The zero-order chi connectivity index (χ0) is 12.8. The molecule has 3 rings (SSSR count). The molecular formula is C12H15N3O2S. The first kappa shape index (κ1) is 11.6. The second-order valence-corrected chi connectivity index (χ2v) is 7.17. The number of fused-ring (bicyclic) bond motifs is 1. The van der Waals surface area contributed by atoms with E-state index in [0.29, 0.717) is 12.2 Å². The molecule has 0 aromatic carbocycles. The summed E-state index contributed by atoms with van der Waals surface area (Å²) >= 11 is 0. The van der Waals surface area contributed by atoms with Crippen LogP contribution >= 0.6 is 0 Å². The minimum Gasteiger partial charge on any atom is -0.229 e. The van der Waals surface area contributed by atoms with Gasteiger partial charge in [0, 0.05) is 12.1 Å². The third kappa shape index (κ3) is 2.12. The predicted molar refractivity (Wildman–Crippen MR) is 68.2 cm³/mol. The lowest BCUT2D eigenvalue weighted by Crippen LogP contribution is -2.08.